The molecule has 0 aliphatic carbocycles. The van der Waals surface area contributed by atoms with Crippen molar-refractivity contribution < 1.29 is 9.18 Å². The van der Waals surface area contributed by atoms with Crippen LogP contribution in [-0.2, 0) is 0 Å². The smallest absolute Gasteiger partial charge is 0.209 e. The summed E-state index contributed by atoms with van der Waals surface area (Å²) in [7, 11) is 0. The van der Waals surface area contributed by atoms with Crippen molar-refractivity contribution in [2.24, 2.45) is 0 Å². The molecule has 1 aromatic carbocycles. The predicted molar refractivity (Wildman–Crippen MR) is 90.4 cm³/mol. The second kappa shape index (κ2) is 6.48. The van der Waals surface area contributed by atoms with Gasteiger partial charge in [0.05, 0.1) is 5.75 Å². The first kappa shape index (κ1) is 16.3. The fraction of sp³-hybridized carbons (Fsp3) is 0.188. The average Bonchev–Trinajstić information content (AvgIpc) is 3.09. The molecule has 0 amide bonds. The van der Waals surface area contributed by atoms with Crippen molar-refractivity contribution in [3.63, 3.8) is 0 Å². The van der Waals surface area contributed by atoms with Gasteiger partial charge in [-0.15, -0.1) is 10.2 Å². The Labute approximate surface area is 142 Å². The molecule has 0 unspecified atom stereocenters. The van der Waals surface area contributed by atoms with Gasteiger partial charge < -0.3 is 10.4 Å². The summed E-state index contributed by atoms with van der Waals surface area (Å²) in [4.78, 5) is 12.5. The van der Waals surface area contributed by atoms with Crippen molar-refractivity contribution in [2.45, 2.75) is 19.0 Å². The molecular weight excluding hydrogens is 329 g/mol. The summed E-state index contributed by atoms with van der Waals surface area (Å²) in [5, 5.41) is 8.00. The fourth-order valence-electron chi connectivity index (χ4n) is 2.58. The van der Waals surface area contributed by atoms with E-state index in [1.54, 1.807) is 12.1 Å². The number of carbonyl (C=O) groups is 1. The maximum absolute atomic E-state index is 13.1. The van der Waals surface area contributed by atoms with Gasteiger partial charge in [-0.1, -0.05) is 11.8 Å². The van der Waals surface area contributed by atoms with Crippen LogP contribution in [0.15, 0.2) is 41.8 Å². The van der Waals surface area contributed by atoms with Crippen molar-refractivity contribution in [3.8, 4) is 5.69 Å². The van der Waals surface area contributed by atoms with Gasteiger partial charge in [0.25, 0.3) is 0 Å². The lowest BCUT2D eigenvalue weighted by molar-refractivity contribution is 0.102. The zero-order valence-electron chi connectivity index (χ0n) is 13.2. The Bertz CT molecular complexity index is 885. The summed E-state index contributed by atoms with van der Waals surface area (Å²) >= 11 is 1.23. The fourth-order valence-corrected chi connectivity index (χ4v) is 3.29. The van der Waals surface area contributed by atoms with Gasteiger partial charge in [-0.05, 0) is 44.2 Å². The molecule has 0 spiro atoms. The number of hydrogen-bond donors (Lipinski definition) is 1. The first-order valence-corrected chi connectivity index (χ1v) is 8.22. The van der Waals surface area contributed by atoms with E-state index in [9.17, 15) is 9.18 Å². The normalized spacial score (nSPS) is 11.0. The van der Waals surface area contributed by atoms with Gasteiger partial charge in [0.15, 0.2) is 5.78 Å². The highest BCUT2D eigenvalue weighted by molar-refractivity contribution is 7.99. The third kappa shape index (κ3) is 3.05. The van der Waals surface area contributed by atoms with Crippen LogP contribution in [0.1, 0.15) is 21.7 Å². The minimum absolute atomic E-state index is 0.0236. The molecular formula is C16H16FN5OS. The van der Waals surface area contributed by atoms with E-state index < -0.39 is 0 Å². The number of carbonyl (C=O) groups excluding carboxylic acids is 1. The molecule has 2 N–H and O–H groups in total. The lowest BCUT2D eigenvalue weighted by Crippen LogP contribution is -2.10. The van der Waals surface area contributed by atoms with Gasteiger partial charge in [-0.2, -0.15) is 0 Å². The summed E-state index contributed by atoms with van der Waals surface area (Å²) in [6, 6.07) is 8.03. The third-order valence-corrected chi connectivity index (χ3v) is 4.65. The van der Waals surface area contributed by atoms with E-state index in [-0.39, 0.29) is 17.4 Å². The van der Waals surface area contributed by atoms with Gasteiger partial charge >= 0.3 is 0 Å². The lowest BCUT2D eigenvalue weighted by atomic mass is 10.2. The van der Waals surface area contributed by atoms with Crippen LogP contribution in [-0.4, -0.2) is 31.0 Å². The van der Waals surface area contributed by atoms with E-state index in [1.807, 2.05) is 24.5 Å². The molecule has 0 saturated carbocycles. The standard InChI is InChI=1S/C16H16FN5OS/c1-10-7-14(15(23)8-24-16-20-19-9-21(16)18)11(2)22(10)13-5-3-12(17)4-6-13/h3-7,9H,8,18H2,1-2H3. The molecule has 0 saturated heterocycles. The van der Waals surface area contributed by atoms with Gasteiger partial charge in [-0.3, -0.25) is 4.79 Å². The largest absolute Gasteiger partial charge is 0.336 e. The second-order valence-corrected chi connectivity index (χ2v) is 6.27. The van der Waals surface area contributed by atoms with E-state index in [0.717, 1.165) is 17.1 Å². The zero-order chi connectivity index (χ0) is 17.3. The number of aromatic nitrogens is 4. The number of nitrogens with zero attached hydrogens (tertiary/aromatic N) is 4. The molecule has 8 heteroatoms. The highest BCUT2D eigenvalue weighted by atomic mass is 32.2. The number of benzene rings is 1. The molecule has 124 valence electrons. The van der Waals surface area contributed by atoms with Crippen LogP contribution >= 0.6 is 11.8 Å². The Kier molecular flexibility index (Phi) is 4.39. The molecule has 0 radical (unpaired) electrons. The Hall–Kier alpha value is -2.61. The number of ketones is 1. The number of aryl methyl sites for hydroxylation is 1. The molecule has 0 fully saturated rings. The number of rotatable bonds is 5. The van der Waals surface area contributed by atoms with E-state index in [4.69, 9.17) is 5.84 Å². The Morgan fingerprint density at radius 3 is 2.62 bits per heavy atom. The average molecular weight is 345 g/mol. The molecule has 6 nitrogen and oxygen atoms in total. The van der Waals surface area contributed by atoms with E-state index >= 15 is 0 Å². The van der Waals surface area contributed by atoms with Crippen LogP contribution in [0.25, 0.3) is 5.69 Å². The van der Waals surface area contributed by atoms with Crippen LogP contribution in [0.4, 0.5) is 4.39 Å². The highest BCUT2D eigenvalue weighted by Crippen LogP contribution is 2.23. The number of halogens is 1. The summed E-state index contributed by atoms with van der Waals surface area (Å²) < 4.78 is 16.3. The molecule has 3 rings (SSSR count). The minimum atomic E-state index is -0.292. The molecule has 0 aliphatic rings. The third-order valence-electron chi connectivity index (χ3n) is 3.69. The molecule has 24 heavy (non-hydrogen) atoms. The minimum Gasteiger partial charge on any atom is -0.336 e. The molecule has 0 bridgehead atoms. The lowest BCUT2D eigenvalue weighted by Gasteiger charge is -2.09. The van der Waals surface area contributed by atoms with Crippen LogP contribution in [0.3, 0.4) is 0 Å². The SMILES string of the molecule is Cc1cc(C(=O)CSc2nncn2N)c(C)n1-c1ccc(F)cc1. The summed E-state index contributed by atoms with van der Waals surface area (Å²) in [6.07, 6.45) is 1.38. The number of thioether (sulfide) groups is 1. The molecule has 0 atom stereocenters. The zero-order valence-corrected chi connectivity index (χ0v) is 14.0. The van der Waals surface area contributed by atoms with Gasteiger partial charge in [0.1, 0.15) is 12.1 Å². The van der Waals surface area contributed by atoms with Crippen molar-refractivity contribution >= 4 is 17.5 Å². The van der Waals surface area contributed by atoms with Crippen molar-refractivity contribution in [2.75, 3.05) is 11.6 Å². The summed E-state index contributed by atoms with van der Waals surface area (Å²) in [6.45, 7) is 3.79. The summed E-state index contributed by atoms with van der Waals surface area (Å²) in [5.41, 5.74) is 3.18. The number of nitrogen functional groups attached to an aromatic ring is 1. The quantitative estimate of drug-likeness (QED) is 0.437. The first-order valence-electron chi connectivity index (χ1n) is 7.23. The molecule has 0 aliphatic heterocycles. The highest BCUT2D eigenvalue weighted by Gasteiger charge is 2.17. The van der Waals surface area contributed by atoms with E-state index in [1.165, 1.54) is 34.9 Å². The maximum atomic E-state index is 13.1. The Morgan fingerprint density at radius 1 is 1.29 bits per heavy atom. The summed E-state index contributed by atoms with van der Waals surface area (Å²) in [5.74, 6) is 5.53. The van der Waals surface area contributed by atoms with Gasteiger partial charge in [0, 0.05) is 22.6 Å². The Balaban J connectivity index is 1.84. The van der Waals surface area contributed by atoms with Crippen LogP contribution in [0, 0.1) is 19.7 Å². The second-order valence-electron chi connectivity index (χ2n) is 5.33. The van der Waals surface area contributed by atoms with Crippen molar-refractivity contribution in [1.29, 1.82) is 0 Å². The predicted octanol–water partition coefficient (Wildman–Crippen LogP) is 2.51. The Morgan fingerprint density at radius 2 is 2.00 bits per heavy atom. The van der Waals surface area contributed by atoms with Crippen LogP contribution in [0.2, 0.25) is 0 Å². The van der Waals surface area contributed by atoms with E-state index in [0.29, 0.717) is 10.7 Å². The first-order chi connectivity index (χ1) is 11.5. The van der Waals surface area contributed by atoms with Gasteiger partial charge in [0.2, 0.25) is 5.16 Å². The number of nitrogens with two attached hydrogens (primary N) is 1. The van der Waals surface area contributed by atoms with Crippen molar-refractivity contribution in [3.05, 3.63) is 59.4 Å². The van der Waals surface area contributed by atoms with Crippen LogP contribution in [0.5, 0.6) is 0 Å². The molecule has 2 aromatic heterocycles. The number of hydrogen-bond acceptors (Lipinski definition) is 5. The van der Waals surface area contributed by atoms with Crippen molar-refractivity contribution in [1.82, 2.24) is 19.4 Å². The molecule has 3 aromatic rings. The van der Waals surface area contributed by atoms with Gasteiger partial charge in [-0.25, -0.2) is 9.07 Å². The topological polar surface area (TPSA) is 78.7 Å². The maximum Gasteiger partial charge on any atom is 0.209 e. The molecule has 2 heterocycles. The van der Waals surface area contributed by atoms with Crippen LogP contribution < -0.4 is 5.84 Å². The van der Waals surface area contributed by atoms with E-state index in [2.05, 4.69) is 10.2 Å². The number of Topliss-reactive ketones (excluding diaryl/α,β-unsaturated/α-hetero) is 1. The monoisotopic (exact) mass is 345 g/mol.